The molecule has 1 aliphatic rings. The fourth-order valence-corrected chi connectivity index (χ4v) is 4.53. The van der Waals surface area contributed by atoms with Crippen molar-refractivity contribution in [1.29, 1.82) is 0 Å². The van der Waals surface area contributed by atoms with Gasteiger partial charge in [0.25, 0.3) is 0 Å². The van der Waals surface area contributed by atoms with E-state index in [-0.39, 0.29) is 5.91 Å². The summed E-state index contributed by atoms with van der Waals surface area (Å²) in [6, 6.07) is 12.6. The number of fused-ring (bicyclic) bond motifs is 1. The van der Waals surface area contributed by atoms with Crippen molar-refractivity contribution in [3.05, 3.63) is 42.6 Å². The highest BCUT2D eigenvalue weighted by Gasteiger charge is 2.28. The number of hydrogen-bond donors (Lipinski definition) is 1. The number of H-pyrrole nitrogens is 1. The van der Waals surface area contributed by atoms with Gasteiger partial charge in [-0.2, -0.15) is 0 Å². The number of piperidine rings is 1. The van der Waals surface area contributed by atoms with Crippen molar-refractivity contribution in [2.45, 2.75) is 50.2 Å². The van der Waals surface area contributed by atoms with Gasteiger partial charge in [-0.1, -0.05) is 23.9 Å². The van der Waals surface area contributed by atoms with Crippen molar-refractivity contribution in [2.75, 3.05) is 5.75 Å². The van der Waals surface area contributed by atoms with Gasteiger partial charge >= 0.3 is 0 Å². The van der Waals surface area contributed by atoms with Gasteiger partial charge in [0.15, 0.2) is 0 Å². The predicted molar refractivity (Wildman–Crippen MR) is 110 cm³/mol. The number of rotatable bonds is 4. The van der Waals surface area contributed by atoms with E-state index in [9.17, 15) is 4.79 Å². The van der Waals surface area contributed by atoms with E-state index in [4.69, 9.17) is 0 Å². The van der Waals surface area contributed by atoms with Crippen molar-refractivity contribution in [2.24, 2.45) is 0 Å². The van der Waals surface area contributed by atoms with E-state index >= 15 is 0 Å². The Morgan fingerprint density at radius 1 is 1.19 bits per heavy atom. The quantitative estimate of drug-likeness (QED) is 0.677. The number of nitrogens with one attached hydrogen (secondary N) is 1. The lowest BCUT2D eigenvalue weighted by atomic mass is 9.98. The molecule has 2 aromatic heterocycles. The molecule has 1 aromatic carbocycles. The molecule has 1 fully saturated rings. The second-order valence-electron chi connectivity index (χ2n) is 7.21. The van der Waals surface area contributed by atoms with E-state index in [1.165, 1.54) is 18.2 Å². The molecule has 1 aliphatic heterocycles. The maximum Gasteiger partial charge on any atom is 0.233 e. The van der Waals surface area contributed by atoms with E-state index in [2.05, 4.69) is 33.7 Å². The average molecular weight is 381 g/mol. The number of aromatic amines is 1. The topological polar surface area (TPSA) is 61.9 Å². The molecule has 1 saturated heterocycles. The number of para-hydroxylation sites is 2. The minimum absolute atomic E-state index is 0.211. The molecule has 0 spiro atoms. The van der Waals surface area contributed by atoms with Crippen LogP contribution in [0.15, 0.2) is 47.6 Å². The summed E-state index contributed by atoms with van der Waals surface area (Å²) in [6.07, 6.45) is 5.23. The molecule has 1 N–H and O–H groups in total. The summed E-state index contributed by atoms with van der Waals surface area (Å²) >= 11 is 1.50. The van der Waals surface area contributed by atoms with Crippen LogP contribution in [0.3, 0.4) is 0 Å². The van der Waals surface area contributed by atoms with Crippen molar-refractivity contribution in [1.82, 2.24) is 19.9 Å². The van der Waals surface area contributed by atoms with Crippen LogP contribution in [0.1, 0.15) is 33.1 Å². The lowest BCUT2D eigenvalue weighted by Gasteiger charge is -2.39. The van der Waals surface area contributed by atoms with Gasteiger partial charge in [0, 0.05) is 23.8 Å². The van der Waals surface area contributed by atoms with Gasteiger partial charge in [-0.15, -0.1) is 0 Å². The Labute approximate surface area is 163 Å². The Bertz CT molecular complexity index is 894. The number of imidazole rings is 1. The third-order valence-corrected chi connectivity index (χ3v) is 6.15. The Morgan fingerprint density at radius 3 is 2.67 bits per heavy atom. The first kappa shape index (κ1) is 18.0. The maximum absolute atomic E-state index is 12.6. The van der Waals surface area contributed by atoms with Crippen LogP contribution in [0, 0.1) is 0 Å². The van der Waals surface area contributed by atoms with Gasteiger partial charge < -0.3 is 9.88 Å². The molecule has 0 bridgehead atoms. The number of benzene rings is 1. The van der Waals surface area contributed by atoms with Gasteiger partial charge in [0.1, 0.15) is 5.82 Å². The largest absolute Gasteiger partial charge is 0.338 e. The van der Waals surface area contributed by atoms with Crippen LogP contribution in [0.2, 0.25) is 0 Å². The van der Waals surface area contributed by atoms with Gasteiger partial charge in [0.2, 0.25) is 5.91 Å². The zero-order valence-corrected chi connectivity index (χ0v) is 16.5. The lowest BCUT2D eigenvalue weighted by Crippen LogP contribution is -2.48. The molecule has 4 rings (SSSR count). The van der Waals surface area contributed by atoms with Crippen LogP contribution >= 0.6 is 11.8 Å². The normalized spacial score (nSPS) is 20.1. The third-order valence-electron chi connectivity index (χ3n) is 5.22. The van der Waals surface area contributed by atoms with Crippen LogP contribution in [0.25, 0.3) is 22.4 Å². The standard InChI is InChI=1S/C21H24N4OS/c1-14-6-5-7-15(2)25(14)20(26)13-27-19-11-10-16(12-22-19)21-23-17-8-3-4-9-18(17)24-21/h3-4,8-12,14-15H,5-7,13H2,1-2H3,(H,23,24). The Balaban J connectivity index is 1.41. The number of thioether (sulfide) groups is 1. The lowest BCUT2D eigenvalue weighted by molar-refractivity contribution is -0.134. The van der Waals surface area contributed by atoms with E-state index in [0.29, 0.717) is 17.8 Å². The van der Waals surface area contributed by atoms with Crippen molar-refractivity contribution in [3.63, 3.8) is 0 Å². The van der Waals surface area contributed by atoms with Crippen LogP contribution in [0.4, 0.5) is 0 Å². The zero-order valence-electron chi connectivity index (χ0n) is 15.7. The van der Waals surface area contributed by atoms with Gasteiger partial charge in [-0.05, 0) is 57.4 Å². The number of amides is 1. The average Bonchev–Trinajstić information content (AvgIpc) is 3.11. The summed E-state index contributed by atoms with van der Waals surface area (Å²) in [5, 5.41) is 0.862. The summed E-state index contributed by atoms with van der Waals surface area (Å²) in [6.45, 7) is 4.30. The minimum Gasteiger partial charge on any atom is -0.338 e. The molecule has 0 aliphatic carbocycles. The van der Waals surface area contributed by atoms with E-state index in [1.54, 1.807) is 0 Å². The minimum atomic E-state index is 0.211. The number of carbonyl (C=O) groups excluding carboxylic acids is 1. The zero-order chi connectivity index (χ0) is 18.8. The summed E-state index contributed by atoms with van der Waals surface area (Å²) < 4.78 is 0. The molecular weight excluding hydrogens is 356 g/mol. The summed E-state index contributed by atoms with van der Waals surface area (Å²) in [7, 11) is 0. The number of likely N-dealkylation sites (tertiary alicyclic amines) is 1. The highest BCUT2D eigenvalue weighted by atomic mass is 32.2. The SMILES string of the molecule is CC1CCCC(C)N1C(=O)CSc1ccc(-c2nc3ccccc3[nH]2)cn1. The van der Waals surface area contributed by atoms with Gasteiger partial charge in [-0.3, -0.25) is 4.79 Å². The highest BCUT2D eigenvalue weighted by molar-refractivity contribution is 7.99. The van der Waals surface area contributed by atoms with Crippen LogP contribution in [-0.4, -0.2) is 43.6 Å². The summed E-state index contributed by atoms with van der Waals surface area (Å²) in [5.41, 5.74) is 2.91. The van der Waals surface area contributed by atoms with Crippen molar-refractivity contribution < 1.29 is 4.79 Å². The molecule has 5 nitrogen and oxygen atoms in total. The first-order chi connectivity index (χ1) is 13.1. The Hall–Kier alpha value is -2.34. The molecule has 3 heterocycles. The second-order valence-corrected chi connectivity index (χ2v) is 8.20. The smallest absolute Gasteiger partial charge is 0.233 e. The maximum atomic E-state index is 12.6. The second kappa shape index (κ2) is 7.72. The molecule has 2 atom stereocenters. The first-order valence-electron chi connectivity index (χ1n) is 9.47. The highest BCUT2D eigenvalue weighted by Crippen LogP contribution is 2.26. The molecule has 140 valence electrons. The Morgan fingerprint density at radius 2 is 1.96 bits per heavy atom. The van der Waals surface area contributed by atoms with E-state index in [0.717, 1.165) is 40.3 Å². The number of aromatic nitrogens is 3. The molecule has 0 saturated carbocycles. The predicted octanol–water partition coefficient (Wildman–Crippen LogP) is 4.51. The molecule has 6 heteroatoms. The van der Waals surface area contributed by atoms with E-state index < -0.39 is 0 Å². The first-order valence-corrected chi connectivity index (χ1v) is 10.5. The number of hydrogen-bond acceptors (Lipinski definition) is 4. The summed E-state index contributed by atoms with van der Waals surface area (Å²) in [4.78, 5) is 27.1. The molecule has 1 amide bonds. The summed E-state index contributed by atoms with van der Waals surface area (Å²) in [5.74, 6) is 1.46. The molecule has 0 radical (unpaired) electrons. The van der Waals surface area contributed by atoms with Crippen molar-refractivity contribution >= 4 is 28.7 Å². The molecule has 3 aromatic rings. The molecule has 2 unspecified atom stereocenters. The van der Waals surface area contributed by atoms with Gasteiger partial charge in [-0.25, -0.2) is 9.97 Å². The van der Waals surface area contributed by atoms with Crippen LogP contribution in [-0.2, 0) is 4.79 Å². The number of carbonyl (C=O) groups is 1. The molecular formula is C21H24N4OS. The Kier molecular flexibility index (Phi) is 5.16. The van der Waals surface area contributed by atoms with Crippen molar-refractivity contribution in [3.8, 4) is 11.4 Å². The van der Waals surface area contributed by atoms with E-state index in [1.807, 2.05) is 42.6 Å². The fraction of sp³-hybridized carbons (Fsp3) is 0.381. The monoisotopic (exact) mass is 380 g/mol. The fourth-order valence-electron chi connectivity index (χ4n) is 3.82. The van der Waals surface area contributed by atoms with Crippen LogP contribution in [0.5, 0.6) is 0 Å². The number of nitrogens with zero attached hydrogens (tertiary/aromatic N) is 3. The number of pyridine rings is 1. The third kappa shape index (κ3) is 3.86. The van der Waals surface area contributed by atoms with Crippen LogP contribution < -0.4 is 0 Å². The van der Waals surface area contributed by atoms with Gasteiger partial charge in [0.05, 0.1) is 21.8 Å². The molecule has 27 heavy (non-hydrogen) atoms.